The zero-order valence-corrected chi connectivity index (χ0v) is 18.7. The van der Waals surface area contributed by atoms with E-state index in [0.29, 0.717) is 29.0 Å². The summed E-state index contributed by atoms with van der Waals surface area (Å²) in [6, 6.07) is 12.2. The number of nitriles is 1. The van der Waals surface area contributed by atoms with Crippen LogP contribution in [-0.2, 0) is 23.2 Å². The first-order valence-corrected chi connectivity index (χ1v) is 10.8. The molecule has 0 saturated carbocycles. The third-order valence-electron chi connectivity index (χ3n) is 6.32. The second-order valence-electron chi connectivity index (χ2n) is 8.35. The second-order valence-corrected chi connectivity index (χ2v) is 8.35. The molecule has 170 valence electrons. The van der Waals surface area contributed by atoms with Gasteiger partial charge >= 0.3 is 0 Å². The standard InChI is InChI=1S/C25H21N5O4/c1-29-13-27-22(23(29)18-5-3-14(11-26)9-20(18)34-2)15-4-6-17-16(10-15)12-30(25(17)33)19-7-8-21(31)28-24(19)32/h3-6,9-10,13,19H,7-8,12H2,1-2H3,(H,28,31,32). The van der Waals surface area contributed by atoms with Gasteiger partial charge in [0.05, 0.1) is 36.5 Å². The first-order chi connectivity index (χ1) is 16.4. The molecule has 5 rings (SSSR count). The van der Waals surface area contributed by atoms with E-state index in [1.807, 2.05) is 29.8 Å². The van der Waals surface area contributed by atoms with Gasteiger partial charge < -0.3 is 14.2 Å². The van der Waals surface area contributed by atoms with Crippen molar-refractivity contribution in [1.29, 1.82) is 5.26 Å². The summed E-state index contributed by atoms with van der Waals surface area (Å²) in [5, 5.41) is 11.5. The first-order valence-electron chi connectivity index (χ1n) is 10.8. The molecule has 9 heteroatoms. The summed E-state index contributed by atoms with van der Waals surface area (Å²) in [5.74, 6) is -0.401. The van der Waals surface area contributed by atoms with Crippen LogP contribution in [-0.4, -0.2) is 45.3 Å². The van der Waals surface area contributed by atoms with Crippen LogP contribution in [0.15, 0.2) is 42.7 Å². The van der Waals surface area contributed by atoms with E-state index in [1.54, 1.807) is 31.6 Å². The van der Waals surface area contributed by atoms with E-state index in [1.165, 1.54) is 4.90 Å². The molecule has 3 aromatic rings. The molecule has 0 spiro atoms. The molecule has 1 N–H and O–H groups in total. The maximum atomic E-state index is 13.0. The van der Waals surface area contributed by atoms with Gasteiger partial charge in [-0.2, -0.15) is 5.26 Å². The number of imide groups is 1. The molecule has 0 radical (unpaired) electrons. The smallest absolute Gasteiger partial charge is 0.255 e. The van der Waals surface area contributed by atoms with Gasteiger partial charge in [-0.25, -0.2) is 4.98 Å². The normalized spacial score (nSPS) is 17.4. The average molecular weight is 455 g/mol. The number of carbonyl (C=O) groups is 3. The lowest BCUT2D eigenvalue weighted by Crippen LogP contribution is -2.52. The van der Waals surface area contributed by atoms with Gasteiger partial charge in [0.2, 0.25) is 11.8 Å². The number of imidazole rings is 1. The van der Waals surface area contributed by atoms with Crippen molar-refractivity contribution < 1.29 is 19.1 Å². The van der Waals surface area contributed by atoms with Crippen molar-refractivity contribution in [3.8, 4) is 34.3 Å². The fourth-order valence-corrected chi connectivity index (χ4v) is 4.64. The second kappa shape index (κ2) is 8.15. The number of nitrogens with zero attached hydrogens (tertiary/aromatic N) is 4. The number of hydrogen-bond acceptors (Lipinski definition) is 6. The Morgan fingerprint density at radius 1 is 1.15 bits per heavy atom. The van der Waals surface area contributed by atoms with Gasteiger partial charge in [0, 0.05) is 36.7 Å². The van der Waals surface area contributed by atoms with Gasteiger partial charge in [-0.05, 0) is 42.3 Å². The SMILES string of the molecule is COc1cc(C#N)ccc1-c1c(-c2ccc3c(c2)CN(C2CCC(=O)NC2=O)C3=O)ncn1C. The number of fused-ring (bicyclic) bond motifs is 1. The van der Waals surface area contributed by atoms with Crippen molar-refractivity contribution >= 4 is 17.7 Å². The topological polar surface area (TPSA) is 117 Å². The number of aromatic nitrogens is 2. The van der Waals surface area contributed by atoms with Gasteiger partial charge in [-0.1, -0.05) is 6.07 Å². The van der Waals surface area contributed by atoms with Crippen molar-refractivity contribution in [3.63, 3.8) is 0 Å². The Morgan fingerprint density at radius 2 is 1.94 bits per heavy atom. The number of hydrogen-bond donors (Lipinski definition) is 1. The summed E-state index contributed by atoms with van der Waals surface area (Å²) < 4.78 is 7.42. The summed E-state index contributed by atoms with van der Waals surface area (Å²) in [6.07, 6.45) is 2.24. The van der Waals surface area contributed by atoms with Crippen LogP contribution in [0.25, 0.3) is 22.5 Å². The Bertz CT molecular complexity index is 1400. The van der Waals surface area contributed by atoms with E-state index < -0.39 is 11.9 Å². The number of methoxy groups -OCH3 is 1. The zero-order valence-electron chi connectivity index (χ0n) is 18.7. The van der Waals surface area contributed by atoms with Crippen LogP contribution >= 0.6 is 0 Å². The van der Waals surface area contributed by atoms with Crippen molar-refractivity contribution in [2.75, 3.05) is 7.11 Å². The number of piperidine rings is 1. The molecule has 2 aliphatic heterocycles. The fraction of sp³-hybridized carbons (Fsp3) is 0.240. The average Bonchev–Trinajstić information content (AvgIpc) is 3.38. The molecule has 1 saturated heterocycles. The van der Waals surface area contributed by atoms with Crippen LogP contribution in [0.4, 0.5) is 0 Å². The van der Waals surface area contributed by atoms with Crippen molar-refractivity contribution in [2.24, 2.45) is 7.05 Å². The molecule has 2 aromatic carbocycles. The van der Waals surface area contributed by atoms with Crippen molar-refractivity contribution in [1.82, 2.24) is 19.8 Å². The largest absolute Gasteiger partial charge is 0.496 e. The van der Waals surface area contributed by atoms with Gasteiger partial charge in [0.15, 0.2) is 0 Å². The Balaban J connectivity index is 1.52. The molecule has 0 aliphatic carbocycles. The van der Waals surface area contributed by atoms with E-state index >= 15 is 0 Å². The van der Waals surface area contributed by atoms with Crippen molar-refractivity contribution in [3.05, 3.63) is 59.4 Å². The van der Waals surface area contributed by atoms with E-state index in [9.17, 15) is 19.6 Å². The summed E-state index contributed by atoms with van der Waals surface area (Å²) in [6.45, 7) is 0.288. The molecular formula is C25H21N5O4. The molecule has 3 amide bonds. The van der Waals surface area contributed by atoms with Crippen LogP contribution in [0.2, 0.25) is 0 Å². The number of benzene rings is 2. The number of carbonyl (C=O) groups excluding carboxylic acids is 3. The number of rotatable bonds is 4. The molecule has 34 heavy (non-hydrogen) atoms. The molecule has 9 nitrogen and oxygen atoms in total. The van der Waals surface area contributed by atoms with Crippen molar-refractivity contribution in [2.45, 2.75) is 25.4 Å². The maximum Gasteiger partial charge on any atom is 0.255 e. The highest BCUT2D eigenvalue weighted by atomic mass is 16.5. The number of ether oxygens (including phenoxy) is 1. The van der Waals surface area contributed by atoms with Crippen LogP contribution in [0.5, 0.6) is 5.75 Å². The van der Waals surface area contributed by atoms with Crippen LogP contribution in [0, 0.1) is 11.3 Å². The van der Waals surface area contributed by atoms with Gasteiger partial charge in [0.25, 0.3) is 5.91 Å². The van der Waals surface area contributed by atoms with E-state index in [-0.39, 0.29) is 24.8 Å². The third kappa shape index (κ3) is 3.40. The Hall–Kier alpha value is -4.45. The molecule has 1 unspecified atom stereocenters. The maximum absolute atomic E-state index is 13.0. The Labute approximate surface area is 195 Å². The van der Waals surface area contributed by atoms with E-state index in [2.05, 4.69) is 16.4 Å². The Kier molecular flexibility index (Phi) is 5.13. The van der Waals surface area contributed by atoms with Crippen LogP contribution < -0.4 is 10.1 Å². The molecule has 0 bridgehead atoms. The molecule has 1 aromatic heterocycles. The lowest BCUT2D eigenvalue weighted by Gasteiger charge is -2.29. The number of amides is 3. The van der Waals surface area contributed by atoms with Gasteiger partial charge in [0.1, 0.15) is 11.8 Å². The molecule has 1 atom stereocenters. The summed E-state index contributed by atoms with van der Waals surface area (Å²) in [5.41, 5.74) is 4.97. The predicted octanol–water partition coefficient (Wildman–Crippen LogP) is 2.40. The monoisotopic (exact) mass is 455 g/mol. The number of aryl methyl sites for hydroxylation is 1. The summed E-state index contributed by atoms with van der Waals surface area (Å²) in [7, 11) is 3.44. The number of nitrogens with one attached hydrogen (secondary N) is 1. The van der Waals surface area contributed by atoms with E-state index in [0.717, 1.165) is 22.4 Å². The van der Waals surface area contributed by atoms with Gasteiger partial charge in [-0.15, -0.1) is 0 Å². The highest BCUT2D eigenvalue weighted by molar-refractivity contribution is 6.05. The summed E-state index contributed by atoms with van der Waals surface area (Å²) in [4.78, 5) is 42.9. The highest BCUT2D eigenvalue weighted by Gasteiger charge is 2.39. The molecule has 1 fully saturated rings. The fourth-order valence-electron chi connectivity index (χ4n) is 4.64. The predicted molar refractivity (Wildman–Crippen MR) is 121 cm³/mol. The van der Waals surface area contributed by atoms with Crippen LogP contribution in [0.1, 0.15) is 34.3 Å². The third-order valence-corrected chi connectivity index (χ3v) is 6.32. The molecule has 2 aliphatic rings. The van der Waals surface area contributed by atoms with Crippen LogP contribution in [0.3, 0.4) is 0 Å². The first kappa shape index (κ1) is 21.4. The van der Waals surface area contributed by atoms with Gasteiger partial charge in [-0.3, -0.25) is 19.7 Å². The molecule has 3 heterocycles. The minimum absolute atomic E-state index is 0.214. The lowest BCUT2D eigenvalue weighted by molar-refractivity contribution is -0.136. The Morgan fingerprint density at radius 3 is 2.68 bits per heavy atom. The lowest BCUT2D eigenvalue weighted by atomic mass is 9.99. The minimum Gasteiger partial charge on any atom is -0.496 e. The highest BCUT2D eigenvalue weighted by Crippen LogP contribution is 2.38. The summed E-state index contributed by atoms with van der Waals surface area (Å²) >= 11 is 0. The minimum atomic E-state index is -0.658. The van der Waals surface area contributed by atoms with E-state index in [4.69, 9.17) is 4.74 Å². The molecular weight excluding hydrogens is 434 g/mol. The quantitative estimate of drug-likeness (QED) is 0.604. The zero-order chi connectivity index (χ0) is 24.0.